The van der Waals surface area contributed by atoms with Gasteiger partial charge in [0.05, 0.1) is 0 Å². The van der Waals surface area contributed by atoms with E-state index >= 15 is 0 Å². The first-order valence-corrected chi connectivity index (χ1v) is 19.1. The molecule has 1 heteroatoms. The Morgan fingerprint density at radius 3 is 1.48 bits per heavy atom. The van der Waals surface area contributed by atoms with Crippen LogP contribution in [0.4, 0.5) is 17.1 Å². The van der Waals surface area contributed by atoms with E-state index < -0.39 is 0 Å². The molecule has 1 nitrogen and oxygen atoms in total. The minimum absolute atomic E-state index is 0.00761. The van der Waals surface area contributed by atoms with Crippen LogP contribution in [0.1, 0.15) is 85.1 Å². The molecule has 3 fully saturated rings. The minimum atomic E-state index is 0.00761. The van der Waals surface area contributed by atoms with Crippen LogP contribution in [0.25, 0.3) is 22.3 Å². The number of rotatable bonds is 4. The largest absolute Gasteiger partial charge is 0.310 e. The molecule has 0 N–H and O–H groups in total. The van der Waals surface area contributed by atoms with E-state index in [-0.39, 0.29) is 10.8 Å². The van der Waals surface area contributed by atoms with E-state index in [1.807, 2.05) is 0 Å². The lowest BCUT2D eigenvalue weighted by Crippen LogP contribution is -2.39. The second kappa shape index (κ2) is 10.8. The Morgan fingerprint density at radius 2 is 0.920 bits per heavy atom. The summed E-state index contributed by atoms with van der Waals surface area (Å²) in [6.07, 6.45) is 10.3. The highest BCUT2D eigenvalue weighted by Crippen LogP contribution is 2.64. The lowest BCUT2D eigenvalue weighted by Gasteiger charge is -2.45. The Kier molecular flexibility index (Phi) is 6.25. The molecule has 11 rings (SSSR count). The molecular formula is C49H43N. The van der Waals surface area contributed by atoms with Gasteiger partial charge in [0.25, 0.3) is 0 Å². The molecule has 5 aliphatic carbocycles. The monoisotopic (exact) mass is 645 g/mol. The van der Waals surface area contributed by atoms with Crippen LogP contribution in [0.15, 0.2) is 146 Å². The zero-order valence-electron chi connectivity index (χ0n) is 28.7. The second-order valence-electron chi connectivity index (χ2n) is 16.1. The Morgan fingerprint density at radius 1 is 0.420 bits per heavy atom. The van der Waals surface area contributed by atoms with Crippen molar-refractivity contribution in [2.45, 2.75) is 68.1 Å². The lowest BCUT2D eigenvalue weighted by molar-refractivity contribution is 0.265. The van der Waals surface area contributed by atoms with E-state index in [2.05, 4.69) is 150 Å². The Labute approximate surface area is 296 Å². The molecule has 3 saturated carbocycles. The highest BCUT2D eigenvalue weighted by Gasteiger charge is 2.53. The van der Waals surface area contributed by atoms with Crippen LogP contribution in [0, 0.1) is 11.8 Å². The molecule has 0 heterocycles. The van der Waals surface area contributed by atoms with E-state index in [1.165, 1.54) is 76.1 Å². The first-order chi connectivity index (χ1) is 24.7. The Balaban J connectivity index is 1.01. The van der Waals surface area contributed by atoms with Crippen LogP contribution in [-0.4, -0.2) is 0 Å². The average Bonchev–Trinajstić information content (AvgIpc) is 3.95. The van der Waals surface area contributed by atoms with Crippen molar-refractivity contribution in [3.63, 3.8) is 0 Å². The average molecular weight is 646 g/mol. The van der Waals surface area contributed by atoms with E-state index in [4.69, 9.17) is 0 Å². The fraction of sp³-hybridized carbons (Fsp3) is 0.265. The summed E-state index contributed by atoms with van der Waals surface area (Å²) in [6.45, 7) is 0. The van der Waals surface area contributed by atoms with Gasteiger partial charge in [0.2, 0.25) is 0 Å². The Bertz CT molecular complexity index is 2210. The quantitative estimate of drug-likeness (QED) is 0.184. The van der Waals surface area contributed by atoms with Crippen LogP contribution in [0.2, 0.25) is 0 Å². The number of para-hydroxylation sites is 1. The molecule has 50 heavy (non-hydrogen) atoms. The molecular weight excluding hydrogens is 603 g/mol. The van der Waals surface area contributed by atoms with Crippen molar-refractivity contribution in [3.05, 3.63) is 173 Å². The Hall–Kier alpha value is -4.88. The predicted molar refractivity (Wildman–Crippen MR) is 207 cm³/mol. The summed E-state index contributed by atoms with van der Waals surface area (Å²) in [7, 11) is 0. The third-order valence-corrected chi connectivity index (χ3v) is 14.0. The lowest BCUT2D eigenvalue weighted by atomic mass is 9.57. The van der Waals surface area contributed by atoms with Crippen molar-refractivity contribution in [1.82, 2.24) is 0 Å². The van der Waals surface area contributed by atoms with Crippen molar-refractivity contribution >= 4 is 17.1 Å². The SMILES string of the molecule is c1ccc(N(c2ccc(C3C[C@H]4CCC3C4)cc2)c2ccc3c(c2)C2(CCC4(CC2)c2ccccc2-c2ccccc24)c2ccccc2-3)cc1. The number of nitrogens with zero attached hydrogens (tertiary/aromatic N) is 1. The van der Waals surface area contributed by atoms with Gasteiger partial charge in [0.15, 0.2) is 0 Å². The summed E-state index contributed by atoms with van der Waals surface area (Å²) in [4.78, 5) is 2.50. The molecule has 3 atom stereocenters. The first-order valence-electron chi connectivity index (χ1n) is 19.1. The van der Waals surface area contributed by atoms with Crippen LogP contribution in [0.3, 0.4) is 0 Å². The topological polar surface area (TPSA) is 3.24 Å². The molecule has 0 amide bonds. The predicted octanol–water partition coefficient (Wildman–Crippen LogP) is 12.9. The van der Waals surface area contributed by atoms with Crippen molar-refractivity contribution < 1.29 is 0 Å². The highest BCUT2D eigenvalue weighted by atomic mass is 15.1. The van der Waals surface area contributed by atoms with Crippen molar-refractivity contribution in [3.8, 4) is 22.3 Å². The first kappa shape index (κ1) is 28.9. The summed E-state index contributed by atoms with van der Waals surface area (Å²) < 4.78 is 0. The maximum atomic E-state index is 2.57. The van der Waals surface area contributed by atoms with E-state index in [1.54, 1.807) is 16.7 Å². The smallest absolute Gasteiger partial charge is 0.0465 e. The minimum Gasteiger partial charge on any atom is -0.310 e. The molecule has 0 aromatic heterocycles. The fourth-order valence-electron chi connectivity index (χ4n) is 11.7. The van der Waals surface area contributed by atoms with Gasteiger partial charge in [-0.1, -0.05) is 116 Å². The zero-order chi connectivity index (χ0) is 32.9. The number of fused-ring (bicyclic) bond motifs is 12. The second-order valence-corrected chi connectivity index (χ2v) is 16.1. The van der Waals surface area contributed by atoms with Crippen LogP contribution in [-0.2, 0) is 10.8 Å². The van der Waals surface area contributed by atoms with Gasteiger partial charge < -0.3 is 4.90 Å². The summed E-state index contributed by atoms with van der Waals surface area (Å²) in [5.41, 5.74) is 17.2. The van der Waals surface area contributed by atoms with Gasteiger partial charge in [-0.05, 0) is 149 Å². The molecule has 2 unspecified atom stereocenters. The third-order valence-electron chi connectivity index (χ3n) is 14.0. The van der Waals surface area contributed by atoms with Crippen LogP contribution in [0.5, 0.6) is 0 Å². The maximum absolute atomic E-state index is 2.57. The van der Waals surface area contributed by atoms with Gasteiger partial charge in [-0.15, -0.1) is 0 Å². The van der Waals surface area contributed by atoms with E-state index in [9.17, 15) is 0 Å². The molecule has 6 aromatic rings. The fourth-order valence-corrected chi connectivity index (χ4v) is 11.7. The molecule has 6 aromatic carbocycles. The molecule has 0 radical (unpaired) electrons. The highest BCUT2D eigenvalue weighted by molar-refractivity contribution is 5.87. The molecule has 0 saturated heterocycles. The summed E-state index contributed by atoms with van der Waals surface area (Å²) in [5, 5.41) is 0. The maximum Gasteiger partial charge on any atom is 0.0465 e. The number of hydrogen-bond donors (Lipinski definition) is 0. The molecule has 244 valence electrons. The van der Waals surface area contributed by atoms with Crippen LogP contribution < -0.4 is 4.90 Å². The number of anilines is 3. The van der Waals surface area contributed by atoms with Gasteiger partial charge in [-0.25, -0.2) is 0 Å². The van der Waals surface area contributed by atoms with Gasteiger partial charge in [0.1, 0.15) is 0 Å². The van der Waals surface area contributed by atoms with Crippen molar-refractivity contribution in [2.75, 3.05) is 4.90 Å². The van der Waals surface area contributed by atoms with Gasteiger partial charge >= 0.3 is 0 Å². The molecule has 2 bridgehead atoms. The van der Waals surface area contributed by atoms with Crippen molar-refractivity contribution in [2.24, 2.45) is 11.8 Å². The van der Waals surface area contributed by atoms with E-state index in [0.29, 0.717) is 0 Å². The molecule has 2 spiro atoms. The third kappa shape index (κ3) is 4.01. The summed E-state index contributed by atoms with van der Waals surface area (Å²) >= 11 is 0. The molecule has 5 aliphatic rings. The standard InChI is InChI=1S/C49H43N/c1-2-10-36(11-3-1)50(37-22-20-34(21-23-37)43-31-33-18-19-35(43)30-33)38-24-25-42-41-14-6-9-17-46(41)49(47(42)32-38)28-26-48(27-29-49)44-15-7-4-12-39(44)40-13-5-8-16-45(40)48/h1-17,20-25,32-33,35,43H,18-19,26-31H2/t33-,35?,43?/m0/s1. The normalized spacial score (nSPS) is 22.7. The van der Waals surface area contributed by atoms with Gasteiger partial charge in [-0.2, -0.15) is 0 Å². The van der Waals surface area contributed by atoms with E-state index in [0.717, 1.165) is 43.4 Å². The summed E-state index contributed by atoms with van der Waals surface area (Å²) in [6, 6.07) is 55.9. The van der Waals surface area contributed by atoms with Crippen molar-refractivity contribution in [1.29, 1.82) is 0 Å². The van der Waals surface area contributed by atoms with Gasteiger partial charge in [0, 0.05) is 27.9 Å². The van der Waals surface area contributed by atoms with Gasteiger partial charge in [-0.3, -0.25) is 0 Å². The number of benzene rings is 6. The zero-order valence-corrected chi connectivity index (χ0v) is 28.7. The molecule has 0 aliphatic heterocycles. The summed E-state index contributed by atoms with van der Waals surface area (Å²) in [5.74, 6) is 2.60. The number of hydrogen-bond acceptors (Lipinski definition) is 1. The van der Waals surface area contributed by atoms with Crippen LogP contribution >= 0.6 is 0 Å².